The molecule has 4 aromatic rings. The Labute approximate surface area is 137 Å². The maximum atomic E-state index is 5.87. The van der Waals surface area contributed by atoms with Gasteiger partial charge in [-0.25, -0.2) is 0 Å². The van der Waals surface area contributed by atoms with Crippen LogP contribution in [0.3, 0.4) is 0 Å². The van der Waals surface area contributed by atoms with Crippen molar-refractivity contribution in [2.45, 2.75) is 18.8 Å². The summed E-state index contributed by atoms with van der Waals surface area (Å²) in [4.78, 5) is 0. The van der Waals surface area contributed by atoms with E-state index in [9.17, 15) is 0 Å². The molecule has 0 spiro atoms. The first kappa shape index (κ1) is 13.0. The Balaban J connectivity index is 1.89. The first-order chi connectivity index (χ1) is 11.3. The van der Waals surface area contributed by atoms with Gasteiger partial charge in [-0.1, -0.05) is 47.9 Å². The lowest BCUT2D eigenvalue weighted by molar-refractivity contribution is 1.12. The van der Waals surface area contributed by atoms with Gasteiger partial charge < -0.3 is 4.57 Å². The van der Waals surface area contributed by atoms with Crippen LogP contribution in [-0.4, -0.2) is 12.4 Å². The van der Waals surface area contributed by atoms with Crippen molar-refractivity contribution in [2.75, 3.05) is 0 Å². The Hall–Kier alpha value is -2.48. The van der Waals surface area contributed by atoms with Crippen molar-refractivity contribution in [2.24, 2.45) is 0 Å². The predicted molar refractivity (Wildman–Crippen MR) is 98.1 cm³/mol. The molecule has 23 heavy (non-hydrogen) atoms. The van der Waals surface area contributed by atoms with E-state index in [4.69, 9.17) is 7.85 Å². The van der Waals surface area contributed by atoms with Crippen LogP contribution in [0.15, 0.2) is 66.7 Å². The SMILES string of the molecule is [B]c1ccc(-n2c3ccccc3c3ccc(C4CC4)cc32)cc1. The van der Waals surface area contributed by atoms with Crippen molar-refractivity contribution in [1.29, 1.82) is 0 Å². The Morgan fingerprint density at radius 3 is 2.30 bits per heavy atom. The fraction of sp³-hybridized carbons (Fsp3) is 0.143. The molecular formula is C21H16BN. The second-order valence-electron chi connectivity index (χ2n) is 6.49. The summed E-state index contributed by atoms with van der Waals surface area (Å²) in [6, 6.07) is 23.8. The van der Waals surface area contributed by atoms with Gasteiger partial charge >= 0.3 is 0 Å². The van der Waals surface area contributed by atoms with E-state index in [0.717, 1.165) is 11.4 Å². The van der Waals surface area contributed by atoms with Crippen LogP contribution in [0.1, 0.15) is 24.3 Å². The summed E-state index contributed by atoms with van der Waals surface area (Å²) in [7, 11) is 5.87. The number of fused-ring (bicyclic) bond motifs is 3. The van der Waals surface area contributed by atoms with Crippen molar-refractivity contribution in [3.63, 3.8) is 0 Å². The lowest BCUT2D eigenvalue weighted by Crippen LogP contribution is -2.02. The molecule has 2 heteroatoms. The van der Waals surface area contributed by atoms with Crippen molar-refractivity contribution in [3.8, 4) is 5.69 Å². The highest BCUT2D eigenvalue weighted by molar-refractivity contribution is 6.32. The minimum absolute atomic E-state index is 0.761. The smallest absolute Gasteiger partial charge is 0.113 e. The minimum atomic E-state index is 0.761. The number of benzene rings is 3. The van der Waals surface area contributed by atoms with Crippen LogP contribution < -0.4 is 5.46 Å². The van der Waals surface area contributed by atoms with Gasteiger partial charge in [0.15, 0.2) is 0 Å². The number of rotatable bonds is 2. The Bertz CT molecular complexity index is 1020. The molecule has 1 nitrogen and oxygen atoms in total. The summed E-state index contributed by atoms with van der Waals surface area (Å²) in [6.45, 7) is 0. The molecule has 1 aliphatic carbocycles. The van der Waals surface area contributed by atoms with Gasteiger partial charge in [0.05, 0.1) is 11.0 Å². The summed E-state index contributed by atoms with van der Waals surface area (Å²) in [5, 5.41) is 2.63. The van der Waals surface area contributed by atoms with Gasteiger partial charge in [-0.05, 0) is 48.6 Å². The van der Waals surface area contributed by atoms with Crippen molar-refractivity contribution in [3.05, 3.63) is 72.3 Å². The summed E-state index contributed by atoms with van der Waals surface area (Å²) in [6.07, 6.45) is 2.65. The topological polar surface area (TPSA) is 4.93 Å². The number of hydrogen-bond acceptors (Lipinski definition) is 0. The molecule has 1 aromatic heterocycles. The largest absolute Gasteiger partial charge is 0.309 e. The zero-order chi connectivity index (χ0) is 15.4. The monoisotopic (exact) mass is 293 g/mol. The van der Waals surface area contributed by atoms with Crippen LogP contribution in [0.4, 0.5) is 0 Å². The highest BCUT2D eigenvalue weighted by Gasteiger charge is 2.24. The van der Waals surface area contributed by atoms with Gasteiger partial charge in [0.25, 0.3) is 0 Å². The molecular weight excluding hydrogens is 277 g/mol. The molecule has 0 atom stereocenters. The van der Waals surface area contributed by atoms with Crippen LogP contribution in [0.5, 0.6) is 0 Å². The third-order valence-electron chi connectivity index (χ3n) is 4.90. The van der Waals surface area contributed by atoms with E-state index in [1.807, 2.05) is 12.1 Å². The van der Waals surface area contributed by atoms with Gasteiger partial charge in [-0.3, -0.25) is 0 Å². The highest BCUT2D eigenvalue weighted by Crippen LogP contribution is 2.42. The van der Waals surface area contributed by atoms with Gasteiger partial charge in [-0.15, -0.1) is 0 Å². The normalized spacial score (nSPS) is 14.6. The Kier molecular flexibility index (Phi) is 2.69. The molecule has 1 heterocycles. The van der Waals surface area contributed by atoms with Crippen LogP contribution in [0.25, 0.3) is 27.5 Å². The van der Waals surface area contributed by atoms with E-state index in [2.05, 4.69) is 59.2 Å². The Morgan fingerprint density at radius 1 is 0.783 bits per heavy atom. The van der Waals surface area contributed by atoms with Crippen molar-refractivity contribution < 1.29 is 0 Å². The summed E-state index contributed by atoms with van der Waals surface area (Å²) in [5.74, 6) is 0.761. The molecule has 0 aliphatic heterocycles. The molecule has 2 radical (unpaired) electrons. The molecule has 0 unspecified atom stereocenters. The first-order valence-electron chi connectivity index (χ1n) is 8.20. The highest BCUT2D eigenvalue weighted by atomic mass is 15.0. The summed E-state index contributed by atoms with van der Waals surface area (Å²) >= 11 is 0. The van der Waals surface area contributed by atoms with E-state index >= 15 is 0 Å². The second-order valence-corrected chi connectivity index (χ2v) is 6.49. The second kappa shape index (κ2) is 4.76. The maximum absolute atomic E-state index is 5.87. The molecule has 0 N–H and O–H groups in total. The third-order valence-corrected chi connectivity index (χ3v) is 4.90. The van der Waals surface area contributed by atoms with Gasteiger partial charge in [0.2, 0.25) is 0 Å². The van der Waals surface area contributed by atoms with Crippen LogP contribution in [-0.2, 0) is 0 Å². The molecule has 1 aliphatic rings. The summed E-state index contributed by atoms with van der Waals surface area (Å²) in [5.41, 5.74) is 5.98. The molecule has 3 aromatic carbocycles. The van der Waals surface area contributed by atoms with E-state index in [1.165, 1.54) is 45.9 Å². The van der Waals surface area contributed by atoms with Crippen LogP contribution in [0, 0.1) is 0 Å². The number of hydrogen-bond donors (Lipinski definition) is 0. The maximum Gasteiger partial charge on any atom is 0.113 e. The lowest BCUT2D eigenvalue weighted by atomic mass is 9.96. The minimum Gasteiger partial charge on any atom is -0.309 e. The molecule has 1 saturated carbocycles. The standard InChI is InChI=1S/C21H16BN/c22-16-8-10-17(11-9-16)23-20-4-2-1-3-18(20)19-12-7-15(13-21(19)23)14-5-6-14/h1-4,7-14H,5-6H2. The lowest BCUT2D eigenvalue weighted by Gasteiger charge is -2.09. The predicted octanol–water partition coefficient (Wildman–Crippen LogP) is 4.45. The summed E-state index contributed by atoms with van der Waals surface area (Å²) < 4.78 is 2.36. The van der Waals surface area contributed by atoms with E-state index in [0.29, 0.717) is 0 Å². The van der Waals surface area contributed by atoms with Gasteiger partial charge in [-0.2, -0.15) is 0 Å². The number of nitrogens with zero attached hydrogens (tertiary/aromatic N) is 1. The van der Waals surface area contributed by atoms with E-state index in [1.54, 1.807) is 0 Å². The quantitative estimate of drug-likeness (QED) is 0.481. The molecule has 108 valence electrons. The van der Waals surface area contributed by atoms with E-state index < -0.39 is 0 Å². The van der Waals surface area contributed by atoms with Crippen LogP contribution >= 0.6 is 0 Å². The van der Waals surface area contributed by atoms with Crippen molar-refractivity contribution in [1.82, 2.24) is 4.57 Å². The average molecular weight is 293 g/mol. The van der Waals surface area contributed by atoms with Crippen LogP contribution in [0.2, 0.25) is 0 Å². The Morgan fingerprint density at radius 2 is 1.52 bits per heavy atom. The molecule has 0 saturated heterocycles. The number of para-hydroxylation sites is 1. The first-order valence-corrected chi connectivity index (χ1v) is 8.20. The average Bonchev–Trinajstić information content (AvgIpc) is 3.38. The molecule has 5 rings (SSSR count). The molecule has 1 fully saturated rings. The number of aromatic nitrogens is 1. The fourth-order valence-corrected chi connectivity index (χ4v) is 3.56. The zero-order valence-electron chi connectivity index (χ0n) is 12.9. The van der Waals surface area contributed by atoms with Gasteiger partial charge in [0, 0.05) is 16.5 Å². The molecule has 0 amide bonds. The van der Waals surface area contributed by atoms with Crippen molar-refractivity contribution >= 4 is 35.1 Å². The molecule has 0 bridgehead atoms. The fourth-order valence-electron chi connectivity index (χ4n) is 3.56. The third kappa shape index (κ3) is 2.02. The van der Waals surface area contributed by atoms with Gasteiger partial charge in [0.1, 0.15) is 7.85 Å². The van der Waals surface area contributed by atoms with E-state index in [-0.39, 0.29) is 0 Å². The zero-order valence-corrected chi connectivity index (χ0v) is 12.9.